The van der Waals surface area contributed by atoms with Gasteiger partial charge >= 0.3 is 5.97 Å². The van der Waals surface area contributed by atoms with Crippen LogP contribution in [0.4, 0.5) is 0 Å². The summed E-state index contributed by atoms with van der Waals surface area (Å²) in [5.74, 6) is 0.536. The van der Waals surface area contributed by atoms with Gasteiger partial charge in [-0.2, -0.15) is 0 Å². The fourth-order valence-corrected chi connectivity index (χ4v) is 1.75. The number of hydrogen-bond acceptors (Lipinski definition) is 3. The molecule has 1 saturated heterocycles. The van der Waals surface area contributed by atoms with E-state index in [0.717, 1.165) is 31.4 Å². The zero-order valence-electron chi connectivity index (χ0n) is 10.1. The smallest absolute Gasteiger partial charge is 0.337 e. The lowest BCUT2D eigenvalue weighted by Crippen LogP contribution is -2.09. The minimum atomic E-state index is -0.262. The lowest BCUT2D eigenvalue weighted by Gasteiger charge is -2.10. The summed E-state index contributed by atoms with van der Waals surface area (Å²) in [6.07, 6.45) is 5.88. The molecule has 1 rings (SSSR count). The molecule has 3 heteroatoms. The number of hydrogen-bond donors (Lipinski definition) is 0. The molecule has 90 valence electrons. The molecular weight excluding hydrogens is 204 g/mol. The Morgan fingerprint density at radius 3 is 3.06 bits per heavy atom. The van der Waals surface area contributed by atoms with Gasteiger partial charge in [0.1, 0.15) is 5.76 Å². The second kappa shape index (κ2) is 6.36. The molecule has 0 amide bonds. The van der Waals surface area contributed by atoms with Crippen LogP contribution in [-0.4, -0.2) is 18.7 Å². The Balaban J connectivity index is 2.52. The van der Waals surface area contributed by atoms with Gasteiger partial charge in [0.15, 0.2) is 0 Å². The van der Waals surface area contributed by atoms with E-state index in [4.69, 9.17) is 9.47 Å². The van der Waals surface area contributed by atoms with Crippen LogP contribution in [0.1, 0.15) is 39.5 Å². The van der Waals surface area contributed by atoms with Crippen LogP contribution < -0.4 is 0 Å². The quantitative estimate of drug-likeness (QED) is 0.409. The second-order valence-electron chi connectivity index (χ2n) is 3.91. The van der Waals surface area contributed by atoms with Crippen molar-refractivity contribution in [3.8, 4) is 0 Å². The highest BCUT2D eigenvalue weighted by atomic mass is 16.5. The van der Waals surface area contributed by atoms with Crippen molar-refractivity contribution in [3.63, 3.8) is 0 Å². The Morgan fingerprint density at radius 2 is 2.44 bits per heavy atom. The maximum atomic E-state index is 11.5. The molecule has 1 atom stereocenters. The van der Waals surface area contributed by atoms with Gasteiger partial charge < -0.3 is 9.47 Å². The van der Waals surface area contributed by atoms with Crippen molar-refractivity contribution in [1.82, 2.24) is 0 Å². The van der Waals surface area contributed by atoms with Crippen molar-refractivity contribution in [3.05, 3.63) is 24.0 Å². The monoisotopic (exact) mass is 224 g/mol. The molecule has 1 fully saturated rings. The van der Waals surface area contributed by atoms with E-state index in [-0.39, 0.29) is 12.1 Å². The van der Waals surface area contributed by atoms with Crippen LogP contribution >= 0.6 is 0 Å². The van der Waals surface area contributed by atoms with Gasteiger partial charge in [-0.25, -0.2) is 4.79 Å². The second-order valence-corrected chi connectivity index (χ2v) is 3.91. The molecule has 3 nitrogen and oxygen atoms in total. The normalized spacial score (nSPS) is 22.5. The molecule has 0 aliphatic carbocycles. The number of rotatable bonds is 5. The standard InChI is InChI=1S/C13H20O3/c1-4-6-7-11-8-9-12(16-11)10(3)13(14)15-5-2/h4,11H,1,5-9H2,2-3H3/b12-10-/t11-/m0/s1. The Bertz CT molecular complexity index is 292. The average Bonchev–Trinajstić information content (AvgIpc) is 2.74. The van der Waals surface area contributed by atoms with Crippen LogP contribution in [0.2, 0.25) is 0 Å². The van der Waals surface area contributed by atoms with Crippen LogP contribution in [0.5, 0.6) is 0 Å². The minimum absolute atomic E-state index is 0.234. The molecule has 0 bridgehead atoms. The fourth-order valence-electron chi connectivity index (χ4n) is 1.75. The Morgan fingerprint density at radius 1 is 1.69 bits per heavy atom. The van der Waals surface area contributed by atoms with Crippen LogP contribution in [0.15, 0.2) is 24.0 Å². The number of carbonyl (C=O) groups excluding carboxylic acids is 1. The molecule has 1 aliphatic rings. The van der Waals surface area contributed by atoms with E-state index in [1.807, 2.05) is 6.08 Å². The third-order valence-corrected chi connectivity index (χ3v) is 2.69. The molecule has 1 aliphatic heterocycles. The summed E-state index contributed by atoms with van der Waals surface area (Å²) in [5.41, 5.74) is 0.614. The number of ether oxygens (including phenoxy) is 2. The van der Waals surface area contributed by atoms with Gasteiger partial charge in [-0.1, -0.05) is 6.08 Å². The van der Waals surface area contributed by atoms with E-state index in [1.165, 1.54) is 0 Å². The zero-order valence-corrected chi connectivity index (χ0v) is 10.1. The molecule has 1 heterocycles. The predicted octanol–water partition coefficient (Wildman–Crippen LogP) is 2.97. The number of carbonyl (C=O) groups is 1. The first kappa shape index (κ1) is 12.8. The topological polar surface area (TPSA) is 35.5 Å². The number of esters is 1. The Hall–Kier alpha value is -1.25. The number of allylic oxidation sites excluding steroid dienone is 2. The van der Waals surface area contributed by atoms with E-state index in [2.05, 4.69) is 6.58 Å². The van der Waals surface area contributed by atoms with Gasteiger partial charge in [-0.05, 0) is 33.1 Å². The molecule has 0 saturated carbocycles. The molecule has 0 aromatic carbocycles. The predicted molar refractivity (Wildman–Crippen MR) is 62.9 cm³/mol. The van der Waals surface area contributed by atoms with Crippen LogP contribution in [0.25, 0.3) is 0 Å². The molecule has 0 aromatic heterocycles. The van der Waals surface area contributed by atoms with E-state index < -0.39 is 0 Å². The molecule has 0 unspecified atom stereocenters. The lowest BCUT2D eigenvalue weighted by atomic mass is 10.1. The van der Waals surface area contributed by atoms with Gasteiger partial charge in [-0.15, -0.1) is 6.58 Å². The Kier molecular flexibility index (Phi) is 5.09. The zero-order chi connectivity index (χ0) is 12.0. The van der Waals surface area contributed by atoms with Gasteiger partial charge in [-0.3, -0.25) is 0 Å². The maximum absolute atomic E-state index is 11.5. The summed E-state index contributed by atoms with van der Waals surface area (Å²) in [7, 11) is 0. The molecule has 0 aromatic rings. The van der Waals surface area contributed by atoms with Crippen molar-refractivity contribution in [2.45, 2.75) is 45.6 Å². The maximum Gasteiger partial charge on any atom is 0.337 e. The van der Waals surface area contributed by atoms with Gasteiger partial charge in [0, 0.05) is 6.42 Å². The van der Waals surface area contributed by atoms with Crippen molar-refractivity contribution >= 4 is 5.97 Å². The summed E-state index contributed by atoms with van der Waals surface area (Å²) in [6, 6.07) is 0. The summed E-state index contributed by atoms with van der Waals surface area (Å²) >= 11 is 0. The summed E-state index contributed by atoms with van der Waals surface area (Å²) in [4.78, 5) is 11.5. The third kappa shape index (κ3) is 3.40. The van der Waals surface area contributed by atoms with Crippen molar-refractivity contribution in [2.75, 3.05) is 6.61 Å². The highest BCUT2D eigenvalue weighted by molar-refractivity contribution is 5.88. The minimum Gasteiger partial charge on any atom is -0.494 e. The van der Waals surface area contributed by atoms with E-state index in [0.29, 0.717) is 12.2 Å². The van der Waals surface area contributed by atoms with Crippen molar-refractivity contribution < 1.29 is 14.3 Å². The largest absolute Gasteiger partial charge is 0.494 e. The Labute approximate surface area is 97.1 Å². The molecule has 0 radical (unpaired) electrons. The molecule has 16 heavy (non-hydrogen) atoms. The summed E-state index contributed by atoms with van der Waals surface area (Å²) < 4.78 is 10.7. The van der Waals surface area contributed by atoms with Gasteiger partial charge in [0.05, 0.1) is 18.3 Å². The van der Waals surface area contributed by atoms with Gasteiger partial charge in [0.25, 0.3) is 0 Å². The first-order valence-corrected chi connectivity index (χ1v) is 5.83. The lowest BCUT2D eigenvalue weighted by molar-refractivity contribution is -0.138. The molecule has 0 spiro atoms. The average molecular weight is 224 g/mol. The van der Waals surface area contributed by atoms with Crippen molar-refractivity contribution in [1.29, 1.82) is 0 Å². The van der Waals surface area contributed by atoms with E-state index in [9.17, 15) is 4.79 Å². The van der Waals surface area contributed by atoms with Crippen LogP contribution in [0, 0.1) is 0 Å². The first-order valence-electron chi connectivity index (χ1n) is 5.83. The third-order valence-electron chi connectivity index (χ3n) is 2.69. The SMILES string of the molecule is C=CCC[C@H]1CC/C(=C(\C)C(=O)OCC)O1. The molecule has 0 N–H and O–H groups in total. The highest BCUT2D eigenvalue weighted by Gasteiger charge is 2.24. The van der Waals surface area contributed by atoms with E-state index in [1.54, 1.807) is 13.8 Å². The van der Waals surface area contributed by atoms with Crippen LogP contribution in [-0.2, 0) is 14.3 Å². The summed E-state index contributed by atoms with van der Waals surface area (Å²) in [6.45, 7) is 7.66. The van der Waals surface area contributed by atoms with Gasteiger partial charge in [0.2, 0.25) is 0 Å². The van der Waals surface area contributed by atoms with Crippen molar-refractivity contribution in [2.24, 2.45) is 0 Å². The van der Waals surface area contributed by atoms with E-state index >= 15 is 0 Å². The summed E-state index contributed by atoms with van der Waals surface area (Å²) in [5, 5.41) is 0. The first-order chi connectivity index (χ1) is 7.69. The molecular formula is C13H20O3. The van der Waals surface area contributed by atoms with Crippen LogP contribution in [0.3, 0.4) is 0 Å². The highest BCUT2D eigenvalue weighted by Crippen LogP contribution is 2.28. The fraction of sp³-hybridized carbons (Fsp3) is 0.615.